The molecule has 2 aromatic rings. The summed E-state index contributed by atoms with van der Waals surface area (Å²) >= 11 is 0. The number of hydrogen-bond acceptors (Lipinski definition) is 6. The Morgan fingerprint density at radius 2 is 1.77 bits per heavy atom. The van der Waals surface area contributed by atoms with Crippen LogP contribution in [0.5, 0.6) is 11.6 Å². The maximum Gasteiger partial charge on any atom is 0.328 e. The molecule has 0 radical (unpaired) electrons. The Morgan fingerprint density at radius 1 is 1.14 bits per heavy atom. The number of rotatable bonds is 3. The first kappa shape index (κ1) is 15.0. The van der Waals surface area contributed by atoms with Gasteiger partial charge >= 0.3 is 11.7 Å². The number of aromatic hydroxyl groups is 1. The Labute approximate surface area is 122 Å². The minimum absolute atomic E-state index is 0.287. The number of aromatic amines is 2. The van der Waals surface area contributed by atoms with Crippen molar-refractivity contribution < 1.29 is 19.4 Å². The van der Waals surface area contributed by atoms with E-state index in [1.807, 2.05) is 9.97 Å². The van der Waals surface area contributed by atoms with E-state index in [-0.39, 0.29) is 5.75 Å². The van der Waals surface area contributed by atoms with E-state index in [2.05, 4.69) is 5.32 Å². The number of hydrogen-bond donors (Lipinski definition) is 4. The second-order valence-electron chi connectivity index (χ2n) is 4.20. The first-order valence-electron chi connectivity index (χ1n) is 6.02. The van der Waals surface area contributed by atoms with Crippen LogP contribution in [0, 0.1) is 0 Å². The molecule has 0 bridgehead atoms. The van der Waals surface area contributed by atoms with E-state index >= 15 is 0 Å². The van der Waals surface area contributed by atoms with Gasteiger partial charge in [0.05, 0.1) is 0 Å². The predicted molar refractivity (Wildman–Crippen MR) is 75.1 cm³/mol. The Bertz CT molecular complexity index is 834. The summed E-state index contributed by atoms with van der Waals surface area (Å²) < 4.78 is 4.82. The Kier molecular flexibility index (Phi) is 4.07. The van der Waals surface area contributed by atoms with Gasteiger partial charge in [0.25, 0.3) is 11.5 Å². The van der Waals surface area contributed by atoms with Crippen LogP contribution in [0.3, 0.4) is 0 Å². The van der Waals surface area contributed by atoms with E-state index < -0.39 is 34.6 Å². The zero-order valence-electron chi connectivity index (χ0n) is 11.3. The van der Waals surface area contributed by atoms with Crippen molar-refractivity contribution in [2.75, 3.05) is 5.32 Å². The van der Waals surface area contributed by atoms with Crippen LogP contribution < -0.4 is 21.3 Å². The standard InChI is InChI=1S/C13H11N3O6/c1-6(17)22-8-4-2-7(3-5-8)14-10(18)9-11(19)15-13(21)16-12(9)20/h2-5H,1H3,(H,14,18)(H3,15,16,19,20,21). The predicted octanol–water partition coefficient (Wildman–Crippen LogP) is -0.0536. The molecule has 0 saturated heterocycles. The zero-order chi connectivity index (χ0) is 16.3. The average molecular weight is 305 g/mol. The summed E-state index contributed by atoms with van der Waals surface area (Å²) in [5.74, 6) is -1.94. The van der Waals surface area contributed by atoms with Crippen molar-refractivity contribution in [2.24, 2.45) is 0 Å². The summed E-state index contributed by atoms with van der Waals surface area (Å²) in [4.78, 5) is 48.9. The molecule has 0 fully saturated rings. The van der Waals surface area contributed by atoms with E-state index in [1.54, 1.807) is 0 Å². The number of carbonyl (C=O) groups excluding carboxylic acids is 2. The zero-order valence-corrected chi connectivity index (χ0v) is 11.3. The van der Waals surface area contributed by atoms with Gasteiger partial charge < -0.3 is 15.2 Å². The highest BCUT2D eigenvalue weighted by Crippen LogP contribution is 2.17. The number of anilines is 1. The first-order chi connectivity index (χ1) is 10.4. The Balaban J connectivity index is 2.21. The molecular formula is C13H11N3O6. The molecule has 114 valence electrons. The first-order valence-corrected chi connectivity index (χ1v) is 6.02. The van der Waals surface area contributed by atoms with Crippen molar-refractivity contribution in [3.05, 3.63) is 50.7 Å². The molecule has 1 aromatic carbocycles. The van der Waals surface area contributed by atoms with Gasteiger partial charge in [-0.15, -0.1) is 0 Å². The summed E-state index contributed by atoms with van der Waals surface area (Å²) in [6.45, 7) is 1.25. The number of benzene rings is 1. The molecule has 0 aliphatic rings. The van der Waals surface area contributed by atoms with Crippen LogP contribution in [0.15, 0.2) is 33.9 Å². The van der Waals surface area contributed by atoms with Crippen molar-refractivity contribution in [3.8, 4) is 11.6 Å². The highest BCUT2D eigenvalue weighted by atomic mass is 16.5. The number of aromatic nitrogens is 2. The third-order valence-electron chi connectivity index (χ3n) is 2.52. The average Bonchev–Trinajstić information content (AvgIpc) is 2.39. The second-order valence-corrected chi connectivity index (χ2v) is 4.20. The van der Waals surface area contributed by atoms with Crippen molar-refractivity contribution in [1.82, 2.24) is 9.97 Å². The number of ether oxygens (including phenoxy) is 1. The number of H-pyrrole nitrogens is 2. The Morgan fingerprint density at radius 3 is 2.32 bits per heavy atom. The lowest BCUT2D eigenvalue weighted by molar-refractivity contribution is -0.131. The molecule has 4 N–H and O–H groups in total. The van der Waals surface area contributed by atoms with Gasteiger partial charge in [0.1, 0.15) is 5.75 Å². The smallest absolute Gasteiger partial charge is 0.328 e. The van der Waals surface area contributed by atoms with Crippen LogP contribution in [0.1, 0.15) is 17.3 Å². The molecule has 0 aliphatic carbocycles. The molecule has 0 atom stereocenters. The molecule has 9 nitrogen and oxygen atoms in total. The van der Waals surface area contributed by atoms with Gasteiger partial charge in [0.15, 0.2) is 5.56 Å². The van der Waals surface area contributed by atoms with Crippen LogP contribution in [-0.2, 0) is 4.79 Å². The van der Waals surface area contributed by atoms with E-state index in [4.69, 9.17) is 4.74 Å². The molecule has 22 heavy (non-hydrogen) atoms. The maximum absolute atomic E-state index is 11.9. The lowest BCUT2D eigenvalue weighted by atomic mass is 10.2. The van der Waals surface area contributed by atoms with Gasteiger partial charge in [-0.25, -0.2) is 4.79 Å². The SMILES string of the molecule is CC(=O)Oc1ccc(NC(=O)c2c(O)[nH]c(=O)[nH]c2=O)cc1. The third kappa shape index (κ3) is 3.39. The lowest BCUT2D eigenvalue weighted by Crippen LogP contribution is -2.30. The quantitative estimate of drug-likeness (QED) is 0.462. The van der Waals surface area contributed by atoms with Gasteiger partial charge in [-0.3, -0.25) is 24.4 Å². The molecule has 0 saturated carbocycles. The van der Waals surface area contributed by atoms with Crippen LogP contribution in [-0.4, -0.2) is 27.0 Å². The van der Waals surface area contributed by atoms with Crippen LogP contribution in [0.4, 0.5) is 5.69 Å². The summed E-state index contributed by atoms with van der Waals surface area (Å²) in [6, 6.07) is 5.75. The topological polar surface area (TPSA) is 141 Å². The van der Waals surface area contributed by atoms with Crippen molar-refractivity contribution in [2.45, 2.75) is 6.92 Å². The third-order valence-corrected chi connectivity index (χ3v) is 2.52. The van der Waals surface area contributed by atoms with E-state index in [0.29, 0.717) is 5.69 Å². The summed E-state index contributed by atoms with van der Waals surface area (Å²) in [5.41, 5.74) is -2.27. The van der Waals surface area contributed by atoms with Gasteiger partial charge in [-0.1, -0.05) is 0 Å². The maximum atomic E-state index is 11.9. The molecule has 2 rings (SSSR count). The van der Waals surface area contributed by atoms with Crippen LogP contribution in [0.25, 0.3) is 0 Å². The highest BCUT2D eigenvalue weighted by Gasteiger charge is 2.17. The van der Waals surface area contributed by atoms with Gasteiger partial charge in [0.2, 0.25) is 5.88 Å². The number of carbonyl (C=O) groups is 2. The van der Waals surface area contributed by atoms with Crippen molar-refractivity contribution >= 4 is 17.6 Å². The largest absolute Gasteiger partial charge is 0.494 e. The van der Waals surface area contributed by atoms with Gasteiger partial charge in [-0.2, -0.15) is 0 Å². The molecule has 1 amide bonds. The number of nitrogens with one attached hydrogen (secondary N) is 3. The van der Waals surface area contributed by atoms with Gasteiger partial charge in [-0.05, 0) is 24.3 Å². The minimum atomic E-state index is -1.02. The lowest BCUT2D eigenvalue weighted by Gasteiger charge is -2.06. The van der Waals surface area contributed by atoms with Crippen molar-refractivity contribution in [1.29, 1.82) is 0 Å². The summed E-state index contributed by atoms with van der Waals surface area (Å²) in [7, 11) is 0. The normalized spacial score (nSPS) is 10.0. The molecule has 0 unspecified atom stereocenters. The second kappa shape index (κ2) is 5.95. The highest BCUT2D eigenvalue weighted by molar-refractivity contribution is 6.05. The summed E-state index contributed by atoms with van der Waals surface area (Å²) in [5, 5.41) is 11.8. The van der Waals surface area contributed by atoms with E-state index in [9.17, 15) is 24.3 Å². The number of esters is 1. The monoisotopic (exact) mass is 305 g/mol. The minimum Gasteiger partial charge on any atom is -0.494 e. The van der Waals surface area contributed by atoms with E-state index in [1.165, 1.54) is 31.2 Å². The molecule has 1 heterocycles. The fraction of sp³-hybridized carbons (Fsp3) is 0.0769. The van der Waals surface area contributed by atoms with Crippen LogP contribution in [0.2, 0.25) is 0 Å². The molecule has 0 aliphatic heterocycles. The summed E-state index contributed by atoms with van der Waals surface area (Å²) in [6.07, 6.45) is 0. The molecule has 0 spiro atoms. The van der Waals surface area contributed by atoms with Gasteiger partial charge in [0, 0.05) is 12.6 Å². The Hall–Kier alpha value is -3.36. The molecule has 1 aromatic heterocycles. The fourth-order valence-electron chi connectivity index (χ4n) is 1.65. The van der Waals surface area contributed by atoms with Crippen molar-refractivity contribution in [3.63, 3.8) is 0 Å². The van der Waals surface area contributed by atoms with Crippen LogP contribution >= 0.6 is 0 Å². The number of amides is 1. The molecular weight excluding hydrogens is 294 g/mol. The van der Waals surface area contributed by atoms with E-state index in [0.717, 1.165) is 0 Å². The fourth-order valence-corrected chi connectivity index (χ4v) is 1.65. The molecule has 9 heteroatoms.